The molecule has 4 heteroatoms. The Morgan fingerprint density at radius 3 is 2.41 bits per heavy atom. The zero-order valence-corrected chi connectivity index (χ0v) is 16.0. The van der Waals surface area contributed by atoms with E-state index in [1.54, 1.807) is 0 Å². The third kappa shape index (κ3) is 6.32. The second-order valence-corrected chi connectivity index (χ2v) is 6.24. The Bertz CT molecular complexity index is 434. The van der Waals surface area contributed by atoms with E-state index in [1.807, 2.05) is 18.2 Å². The summed E-state index contributed by atoms with van der Waals surface area (Å²) < 4.78 is 4.93. The lowest BCUT2D eigenvalue weighted by Gasteiger charge is -2.17. The summed E-state index contributed by atoms with van der Waals surface area (Å²) in [7, 11) is 0.368. The molecule has 1 aromatic rings. The van der Waals surface area contributed by atoms with Gasteiger partial charge in [-0.2, -0.15) is 0 Å². The Morgan fingerprint density at radius 2 is 1.77 bits per heavy atom. The van der Waals surface area contributed by atoms with Crippen molar-refractivity contribution in [2.45, 2.75) is 64.2 Å². The fourth-order valence-corrected chi connectivity index (χ4v) is 3.10. The maximum Gasteiger partial charge on any atom is 0.301 e. The summed E-state index contributed by atoms with van der Waals surface area (Å²) >= 11 is 0. The van der Waals surface area contributed by atoms with Crippen LogP contribution in [0.1, 0.15) is 68.9 Å². The van der Waals surface area contributed by atoms with Gasteiger partial charge in [0.25, 0.3) is 0 Å². The first-order chi connectivity index (χ1) is 10.7. The van der Waals surface area contributed by atoms with Gasteiger partial charge in [0.1, 0.15) is 5.92 Å². The van der Waals surface area contributed by atoms with Gasteiger partial charge in [0.15, 0.2) is 0 Å². The molecule has 0 aromatic heterocycles. The minimum atomic E-state index is -0.529. The van der Waals surface area contributed by atoms with Crippen molar-refractivity contribution in [2.24, 2.45) is 0 Å². The third-order valence-corrected chi connectivity index (χ3v) is 4.55. The number of aryl methyl sites for hydroxylation is 1. The van der Waals surface area contributed by atoms with Crippen LogP contribution in [0.5, 0.6) is 0 Å². The predicted octanol–water partition coefficient (Wildman–Crippen LogP) is 2.88. The molecule has 1 unspecified atom stereocenters. The van der Waals surface area contributed by atoms with Gasteiger partial charge in [0.2, 0.25) is 10.5 Å². The van der Waals surface area contributed by atoms with Crippen LogP contribution in [0, 0.1) is 0 Å². The van der Waals surface area contributed by atoms with Crippen molar-refractivity contribution in [1.82, 2.24) is 0 Å². The highest BCUT2D eigenvalue weighted by atomic mass is 28.2. The van der Waals surface area contributed by atoms with E-state index in [-0.39, 0.29) is 12.6 Å². The molecule has 0 saturated carbocycles. The standard InChI is InChI=1S/C18H30O3Si/c1-2-3-4-5-6-7-8-11-15-12-9-10-13-16(15)17(14-19)18(20)21-22/h9-10,12-13,17,19H,2-8,11,14H2,1,22H3. The molecule has 0 radical (unpaired) electrons. The molecular weight excluding hydrogens is 292 g/mol. The molecule has 1 rings (SSSR count). The minimum Gasteiger partial charge on any atom is -0.528 e. The normalized spacial score (nSPS) is 12.3. The van der Waals surface area contributed by atoms with Crippen LogP contribution in [-0.4, -0.2) is 28.2 Å². The van der Waals surface area contributed by atoms with Crippen molar-refractivity contribution >= 4 is 16.5 Å². The van der Waals surface area contributed by atoms with Crippen LogP contribution in [0.3, 0.4) is 0 Å². The topological polar surface area (TPSA) is 46.5 Å². The number of unbranched alkanes of at least 4 members (excludes halogenated alkanes) is 6. The lowest BCUT2D eigenvalue weighted by atomic mass is 9.92. The van der Waals surface area contributed by atoms with Crippen LogP contribution in [-0.2, 0) is 15.6 Å². The smallest absolute Gasteiger partial charge is 0.301 e. The van der Waals surface area contributed by atoms with E-state index >= 15 is 0 Å². The van der Waals surface area contributed by atoms with E-state index in [4.69, 9.17) is 4.43 Å². The molecule has 0 bridgehead atoms. The molecule has 1 N–H and O–H groups in total. The number of hydrogen-bond donors (Lipinski definition) is 1. The van der Waals surface area contributed by atoms with Gasteiger partial charge >= 0.3 is 5.97 Å². The fourth-order valence-electron chi connectivity index (χ4n) is 2.82. The van der Waals surface area contributed by atoms with E-state index in [0.29, 0.717) is 10.5 Å². The van der Waals surface area contributed by atoms with Gasteiger partial charge in [0.05, 0.1) is 6.61 Å². The highest BCUT2D eigenvalue weighted by Crippen LogP contribution is 2.23. The second-order valence-electron chi connectivity index (χ2n) is 5.83. The first-order valence-corrected chi connectivity index (χ1v) is 9.32. The molecule has 0 amide bonds. The van der Waals surface area contributed by atoms with Crippen LogP contribution in [0.4, 0.5) is 0 Å². The lowest BCUT2D eigenvalue weighted by molar-refractivity contribution is -0.136. The van der Waals surface area contributed by atoms with Crippen molar-refractivity contribution in [3.05, 3.63) is 35.4 Å². The van der Waals surface area contributed by atoms with E-state index in [0.717, 1.165) is 18.4 Å². The van der Waals surface area contributed by atoms with Crippen molar-refractivity contribution in [3.63, 3.8) is 0 Å². The van der Waals surface area contributed by atoms with Crippen molar-refractivity contribution in [2.75, 3.05) is 6.61 Å². The van der Waals surface area contributed by atoms with E-state index < -0.39 is 5.92 Å². The predicted molar refractivity (Wildman–Crippen MR) is 94.0 cm³/mol. The van der Waals surface area contributed by atoms with E-state index in [1.165, 1.54) is 44.1 Å². The van der Waals surface area contributed by atoms with Gasteiger partial charge in [-0.05, 0) is 24.0 Å². The second kappa shape index (κ2) is 11.4. The summed E-state index contributed by atoms with van der Waals surface area (Å²) in [6, 6.07) is 7.93. The van der Waals surface area contributed by atoms with E-state index in [2.05, 4.69) is 13.0 Å². The zero-order valence-electron chi connectivity index (χ0n) is 14.0. The van der Waals surface area contributed by atoms with Crippen molar-refractivity contribution < 1.29 is 14.3 Å². The van der Waals surface area contributed by atoms with E-state index in [9.17, 15) is 9.90 Å². The van der Waals surface area contributed by atoms with Crippen molar-refractivity contribution in [3.8, 4) is 0 Å². The number of carbonyl (C=O) groups is 1. The maximum atomic E-state index is 11.8. The third-order valence-electron chi connectivity index (χ3n) is 4.15. The lowest BCUT2D eigenvalue weighted by Crippen LogP contribution is -2.19. The first kappa shape index (κ1) is 18.9. The fraction of sp³-hybridized carbons (Fsp3) is 0.611. The highest BCUT2D eigenvalue weighted by molar-refractivity contribution is 6.06. The summed E-state index contributed by atoms with van der Waals surface area (Å²) in [4.78, 5) is 11.8. The Kier molecular flexibility index (Phi) is 9.83. The zero-order chi connectivity index (χ0) is 16.2. The van der Waals surface area contributed by atoms with Gasteiger partial charge in [0, 0.05) is 0 Å². The largest absolute Gasteiger partial charge is 0.528 e. The van der Waals surface area contributed by atoms with Gasteiger partial charge in [-0.3, -0.25) is 4.79 Å². The van der Waals surface area contributed by atoms with Gasteiger partial charge in [-0.25, -0.2) is 0 Å². The molecule has 3 nitrogen and oxygen atoms in total. The average Bonchev–Trinajstić information content (AvgIpc) is 2.55. The molecule has 0 heterocycles. The number of rotatable bonds is 11. The molecule has 0 spiro atoms. The summed E-state index contributed by atoms with van der Waals surface area (Å²) in [6.07, 6.45) is 9.90. The first-order valence-electron chi connectivity index (χ1n) is 8.51. The molecule has 0 aliphatic rings. The summed E-state index contributed by atoms with van der Waals surface area (Å²) in [5.41, 5.74) is 2.10. The molecule has 0 fully saturated rings. The monoisotopic (exact) mass is 322 g/mol. The SMILES string of the molecule is CCCCCCCCCc1ccccc1C(CO)C(=O)O[SiH3]. The number of aliphatic hydroxyl groups excluding tert-OH is 1. The summed E-state index contributed by atoms with van der Waals surface area (Å²) in [6.45, 7) is 2.05. The summed E-state index contributed by atoms with van der Waals surface area (Å²) in [5.74, 6) is -0.834. The van der Waals surface area contributed by atoms with Gasteiger partial charge in [-0.15, -0.1) is 0 Å². The Labute approximate surface area is 137 Å². The van der Waals surface area contributed by atoms with Crippen LogP contribution < -0.4 is 0 Å². The van der Waals surface area contributed by atoms with Crippen LogP contribution in [0.25, 0.3) is 0 Å². The summed E-state index contributed by atoms with van der Waals surface area (Å²) in [5, 5.41) is 9.51. The minimum absolute atomic E-state index is 0.185. The van der Waals surface area contributed by atoms with Crippen molar-refractivity contribution in [1.29, 1.82) is 0 Å². The quantitative estimate of drug-likeness (QED) is 0.503. The molecular formula is C18H30O3Si. The van der Waals surface area contributed by atoms with Crippen LogP contribution in [0.2, 0.25) is 0 Å². The number of hydrogen-bond acceptors (Lipinski definition) is 3. The number of carbonyl (C=O) groups excluding carboxylic acids is 1. The highest BCUT2D eigenvalue weighted by Gasteiger charge is 2.22. The Morgan fingerprint density at radius 1 is 1.14 bits per heavy atom. The molecule has 0 aliphatic heterocycles. The maximum absolute atomic E-state index is 11.8. The van der Waals surface area contributed by atoms with Gasteiger partial charge in [-0.1, -0.05) is 69.7 Å². The number of benzene rings is 1. The molecule has 1 aromatic carbocycles. The molecule has 22 heavy (non-hydrogen) atoms. The Balaban J connectivity index is 2.51. The number of aliphatic hydroxyl groups is 1. The average molecular weight is 323 g/mol. The van der Waals surface area contributed by atoms with Gasteiger partial charge < -0.3 is 9.53 Å². The van der Waals surface area contributed by atoms with Crippen LogP contribution in [0.15, 0.2) is 24.3 Å². The Hall–Kier alpha value is -1.13. The molecule has 0 aliphatic carbocycles. The molecule has 124 valence electrons. The van der Waals surface area contributed by atoms with Crippen LogP contribution >= 0.6 is 0 Å². The molecule has 1 atom stereocenters. The molecule has 0 saturated heterocycles.